The number of pyridine rings is 1. The fourth-order valence-corrected chi connectivity index (χ4v) is 4.48. The van der Waals surface area contributed by atoms with E-state index in [4.69, 9.17) is 4.42 Å². The van der Waals surface area contributed by atoms with Gasteiger partial charge in [0.25, 0.3) is 5.91 Å². The number of para-hydroxylation sites is 1. The highest BCUT2D eigenvalue weighted by atomic mass is 32.1. The van der Waals surface area contributed by atoms with Crippen LogP contribution in [0.1, 0.15) is 15.9 Å². The number of amides is 1. The maximum absolute atomic E-state index is 13.4. The zero-order valence-corrected chi connectivity index (χ0v) is 16.8. The Morgan fingerprint density at radius 2 is 1.93 bits per heavy atom. The highest BCUT2D eigenvalue weighted by molar-refractivity contribution is 7.07. The summed E-state index contributed by atoms with van der Waals surface area (Å²) in [7, 11) is 0. The molecule has 0 bridgehead atoms. The van der Waals surface area contributed by atoms with Crippen molar-refractivity contribution in [2.45, 2.75) is 6.54 Å². The number of hydrogen-bond donors (Lipinski definition) is 0. The maximum Gasteiger partial charge on any atom is 0.254 e. The van der Waals surface area contributed by atoms with Gasteiger partial charge in [-0.1, -0.05) is 18.2 Å². The molecule has 1 aromatic carbocycles. The quantitative estimate of drug-likeness (QED) is 0.503. The molecule has 1 aliphatic heterocycles. The van der Waals surface area contributed by atoms with Crippen LogP contribution in [0.25, 0.3) is 22.4 Å². The molecule has 4 aromatic rings. The van der Waals surface area contributed by atoms with E-state index in [9.17, 15) is 4.79 Å². The van der Waals surface area contributed by atoms with Crippen LogP contribution in [0.15, 0.2) is 70.0 Å². The van der Waals surface area contributed by atoms with Gasteiger partial charge in [-0.05, 0) is 46.7 Å². The second-order valence-corrected chi connectivity index (χ2v) is 8.03. The van der Waals surface area contributed by atoms with Crippen molar-refractivity contribution in [3.8, 4) is 11.5 Å². The minimum atomic E-state index is 0.0617. The number of hydrogen-bond acceptors (Lipinski definition) is 5. The van der Waals surface area contributed by atoms with E-state index >= 15 is 0 Å². The number of thiophene rings is 1. The van der Waals surface area contributed by atoms with Crippen LogP contribution < -0.4 is 0 Å². The van der Waals surface area contributed by atoms with Crippen molar-refractivity contribution >= 4 is 28.1 Å². The smallest absolute Gasteiger partial charge is 0.254 e. The molecule has 1 fully saturated rings. The first-order valence-corrected chi connectivity index (χ1v) is 10.7. The van der Waals surface area contributed by atoms with Crippen molar-refractivity contribution in [1.29, 1.82) is 0 Å². The summed E-state index contributed by atoms with van der Waals surface area (Å²) in [6.07, 6.45) is 1.63. The number of carbonyl (C=O) groups is 1. The lowest BCUT2D eigenvalue weighted by atomic mass is 10.0. The average molecular weight is 404 g/mol. The molecule has 6 heteroatoms. The van der Waals surface area contributed by atoms with E-state index in [2.05, 4.69) is 26.7 Å². The molecule has 0 saturated carbocycles. The average Bonchev–Trinajstić information content (AvgIpc) is 3.47. The molecule has 4 heterocycles. The summed E-state index contributed by atoms with van der Waals surface area (Å²) in [5.74, 6) is 0.733. The highest BCUT2D eigenvalue weighted by Crippen LogP contribution is 2.26. The lowest BCUT2D eigenvalue weighted by Crippen LogP contribution is -2.48. The fourth-order valence-electron chi connectivity index (χ4n) is 3.82. The van der Waals surface area contributed by atoms with Gasteiger partial charge in [-0.25, -0.2) is 4.98 Å². The molecule has 0 radical (unpaired) electrons. The van der Waals surface area contributed by atoms with Crippen LogP contribution in [0, 0.1) is 0 Å². The Kier molecular flexibility index (Phi) is 4.87. The van der Waals surface area contributed by atoms with Crippen LogP contribution in [0.3, 0.4) is 0 Å². The monoisotopic (exact) mass is 403 g/mol. The molecule has 0 atom stereocenters. The van der Waals surface area contributed by atoms with E-state index in [-0.39, 0.29) is 5.91 Å². The number of fused-ring (bicyclic) bond motifs is 1. The molecule has 146 valence electrons. The Hall–Kier alpha value is -2.96. The summed E-state index contributed by atoms with van der Waals surface area (Å²) in [5, 5.41) is 5.19. The summed E-state index contributed by atoms with van der Waals surface area (Å²) in [5.41, 5.74) is 3.53. The number of piperazine rings is 1. The third-order valence-corrected chi connectivity index (χ3v) is 6.10. The lowest BCUT2D eigenvalue weighted by molar-refractivity contribution is 0.0630. The van der Waals surface area contributed by atoms with E-state index < -0.39 is 0 Å². The SMILES string of the molecule is O=C(c1cc(-c2ccco2)nc2ccccc12)N1CCN(Cc2ccsc2)CC1. The number of aromatic nitrogens is 1. The van der Waals surface area contributed by atoms with E-state index in [0.717, 1.165) is 43.6 Å². The summed E-state index contributed by atoms with van der Waals surface area (Å²) in [4.78, 5) is 22.5. The summed E-state index contributed by atoms with van der Waals surface area (Å²) in [6.45, 7) is 4.18. The van der Waals surface area contributed by atoms with Crippen molar-refractivity contribution in [3.05, 3.63) is 76.7 Å². The molecule has 0 spiro atoms. The fraction of sp³-hybridized carbons (Fsp3) is 0.217. The number of furan rings is 1. The zero-order valence-electron chi connectivity index (χ0n) is 16.0. The van der Waals surface area contributed by atoms with Crippen molar-refractivity contribution in [3.63, 3.8) is 0 Å². The molecule has 0 N–H and O–H groups in total. The highest BCUT2D eigenvalue weighted by Gasteiger charge is 2.24. The Balaban J connectivity index is 1.39. The first-order chi connectivity index (χ1) is 14.3. The number of carbonyl (C=O) groups excluding carboxylic acids is 1. The zero-order chi connectivity index (χ0) is 19.6. The van der Waals surface area contributed by atoms with Crippen molar-refractivity contribution < 1.29 is 9.21 Å². The minimum Gasteiger partial charge on any atom is -0.463 e. The number of benzene rings is 1. The van der Waals surface area contributed by atoms with Crippen LogP contribution in [0.5, 0.6) is 0 Å². The molecule has 1 aliphatic rings. The van der Waals surface area contributed by atoms with Gasteiger partial charge in [0.2, 0.25) is 0 Å². The van der Waals surface area contributed by atoms with E-state index in [1.165, 1.54) is 5.56 Å². The Labute approximate surface area is 173 Å². The molecular weight excluding hydrogens is 382 g/mol. The molecule has 3 aromatic heterocycles. The standard InChI is InChI=1S/C23H21N3O2S/c27-23(26-10-8-25(9-11-26)15-17-7-13-29-16-17)19-14-21(22-6-3-12-28-22)24-20-5-2-1-4-18(19)20/h1-7,12-14,16H,8-11,15H2. The van der Waals surface area contributed by atoms with Crippen LogP contribution >= 0.6 is 11.3 Å². The van der Waals surface area contributed by atoms with Gasteiger partial charge in [-0.2, -0.15) is 11.3 Å². The van der Waals surface area contributed by atoms with Gasteiger partial charge in [-0.15, -0.1) is 0 Å². The van der Waals surface area contributed by atoms with E-state index in [1.807, 2.05) is 47.4 Å². The van der Waals surface area contributed by atoms with Gasteiger partial charge in [-0.3, -0.25) is 9.69 Å². The van der Waals surface area contributed by atoms with Crippen molar-refractivity contribution in [1.82, 2.24) is 14.8 Å². The first kappa shape index (κ1) is 18.1. The van der Waals surface area contributed by atoms with Gasteiger partial charge in [0, 0.05) is 38.1 Å². The summed E-state index contributed by atoms with van der Waals surface area (Å²) in [6, 6.07) is 15.5. The van der Waals surface area contributed by atoms with Gasteiger partial charge < -0.3 is 9.32 Å². The van der Waals surface area contributed by atoms with Gasteiger partial charge >= 0.3 is 0 Å². The third kappa shape index (κ3) is 3.69. The lowest BCUT2D eigenvalue weighted by Gasteiger charge is -2.34. The van der Waals surface area contributed by atoms with Crippen LogP contribution in [-0.2, 0) is 6.54 Å². The first-order valence-electron chi connectivity index (χ1n) is 9.74. The van der Waals surface area contributed by atoms with Gasteiger partial charge in [0.05, 0.1) is 17.3 Å². The van der Waals surface area contributed by atoms with Crippen LogP contribution in [0.2, 0.25) is 0 Å². The number of nitrogens with zero attached hydrogens (tertiary/aromatic N) is 3. The van der Waals surface area contributed by atoms with Crippen molar-refractivity contribution in [2.24, 2.45) is 0 Å². The van der Waals surface area contributed by atoms with E-state index in [0.29, 0.717) is 17.0 Å². The predicted molar refractivity (Wildman–Crippen MR) is 115 cm³/mol. The summed E-state index contributed by atoms with van der Waals surface area (Å²) >= 11 is 1.73. The second-order valence-electron chi connectivity index (χ2n) is 7.25. The second kappa shape index (κ2) is 7.81. The molecule has 1 saturated heterocycles. The van der Waals surface area contributed by atoms with Gasteiger partial charge in [0.1, 0.15) is 5.69 Å². The third-order valence-electron chi connectivity index (χ3n) is 5.37. The summed E-state index contributed by atoms with van der Waals surface area (Å²) < 4.78 is 5.52. The van der Waals surface area contributed by atoms with E-state index in [1.54, 1.807) is 17.6 Å². The molecule has 1 amide bonds. The normalized spacial score (nSPS) is 15.1. The van der Waals surface area contributed by atoms with Crippen LogP contribution in [0.4, 0.5) is 0 Å². The molecule has 5 nitrogen and oxygen atoms in total. The molecule has 5 rings (SSSR count). The molecule has 0 unspecified atom stereocenters. The molecular formula is C23H21N3O2S. The number of rotatable bonds is 4. The largest absolute Gasteiger partial charge is 0.463 e. The van der Waals surface area contributed by atoms with Crippen molar-refractivity contribution in [2.75, 3.05) is 26.2 Å². The van der Waals surface area contributed by atoms with Gasteiger partial charge in [0.15, 0.2) is 5.76 Å². The Bertz CT molecular complexity index is 1110. The molecule has 0 aliphatic carbocycles. The Morgan fingerprint density at radius 3 is 2.69 bits per heavy atom. The Morgan fingerprint density at radius 1 is 1.07 bits per heavy atom. The molecule has 29 heavy (non-hydrogen) atoms. The van der Waals surface area contributed by atoms with Crippen LogP contribution in [-0.4, -0.2) is 46.9 Å². The minimum absolute atomic E-state index is 0.0617. The topological polar surface area (TPSA) is 49.6 Å². The predicted octanol–water partition coefficient (Wildman–Crippen LogP) is 4.51. The maximum atomic E-state index is 13.4.